The van der Waals surface area contributed by atoms with Gasteiger partial charge in [-0.05, 0) is 66.4 Å². The summed E-state index contributed by atoms with van der Waals surface area (Å²) in [5.41, 5.74) is 2.28. The average molecular weight is 504 g/mol. The van der Waals surface area contributed by atoms with E-state index in [1.54, 1.807) is 24.3 Å². The molecular formula is C28H30FN5O3. The predicted octanol–water partition coefficient (Wildman–Crippen LogP) is 4.52. The molecule has 3 aromatic carbocycles. The summed E-state index contributed by atoms with van der Waals surface area (Å²) in [6.45, 7) is 4.43. The molecule has 0 fully saturated rings. The number of carbonyl (C=O) groups is 2. The number of methoxy groups -OCH3 is 1. The van der Waals surface area contributed by atoms with E-state index < -0.39 is 17.8 Å². The van der Waals surface area contributed by atoms with Gasteiger partial charge in [0.15, 0.2) is 0 Å². The molecule has 0 aliphatic heterocycles. The van der Waals surface area contributed by atoms with Gasteiger partial charge in [0.1, 0.15) is 29.7 Å². The fourth-order valence-corrected chi connectivity index (χ4v) is 4.09. The normalized spacial score (nSPS) is 11.9. The number of rotatable bonds is 10. The zero-order valence-corrected chi connectivity index (χ0v) is 21.1. The SMILES string of the molecule is COc1cccc([C@@H](C(=O)NCCC(C)C)N(C(=O)Cn2nnc3ccccc32)c2ccc(F)cc2)c1. The summed E-state index contributed by atoms with van der Waals surface area (Å²) in [4.78, 5) is 29.0. The highest BCUT2D eigenvalue weighted by molar-refractivity contribution is 6.01. The molecule has 4 rings (SSSR count). The minimum atomic E-state index is -1.03. The van der Waals surface area contributed by atoms with Crippen LogP contribution < -0.4 is 15.0 Å². The number of nitrogens with zero attached hydrogens (tertiary/aromatic N) is 4. The molecule has 192 valence electrons. The molecule has 0 radical (unpaired) electrons. The number of nitrogens with one attached hydrogen (secondary N) is 1. The number of amides is 2. The van der Waals surface area contributed by atoms with Gasteiger partial charge in [-0.2, -0.15) is 0 Å². The molecule has 0 bridgehead atoms. The minimum absolute atomic E-state index is 0.169. The lowest BCUT2D eigenvalue weighted by Gasteiger charge is -2.32. The van der Waals surface area contributed by atoms with Crippen molar-refractivity contribution in [3.05, 3.63) is 84.2 Å². The molecule has 0 unspecified atom stereocenters. The number of para-hydroxylation sites is 1. The summed E-state index contributed by atoms with van der Waals surface area (Å²) in [6.07, 6.45) is 0.784. The van der Waals surface area contributed by atoms with Crippen molar-refractivity contribution in [3.63, 3.8) is 0 Å². The Hall–Kier alpha value is -4.27. The summed E-state index contributed by atoms with van der Waals surface area (Å²) in [7, 11) is 1.54. The van der Waals surface area contributed by atoms with Crippen LogP contribution in [0.15, 0.2) is 72.8 Å². The minimum Gasteiger partial charge on any atom is -0.497 e. The van der Waals surface area contributed by atoms with Crippen LogP contribution in [0.5, 0.6) is 5.75 Å². The lowest BCUT2D eigenvalue weighted by atomic mass is 10.0. The Bertz CT molecular complexity index is 1370. The summed E-state index contributed by atoms with van der Waals surface area (Å²) < 4.78 is 20.7. The smallest absolute Gasteiger partial charge is 0.249 e. The maximum atomic E-state index is 13.9. The number of fused-ring (bicyclic) bond motifs is 1. The molecular weight excluding hydrogens is 473 g/mol. The van der Waals surface area contributed by atoms with Crippen molar-refractivity contribution in [3.8, 4) is 5.75 Å². The highest BCUT2D eigenvalue weighted by atomic mass is 19.1. The Morgan fingerprint density at radius 2 is 1.81 bits per heavy atom. The van der Waals surface area contributed by atoms with E-state index in [4.69, 9.17) is 4.74 Å². The number of anilines is 1. The van der Waals surface area contributed by atoms with Gasteiger partial charge in [0, 0.05) is 12.2 Å². The zero-order valence-electron chi connectivity index (χ0n) is 21.1. The first kappa shape index (κ1) is 25.8. The number of halogens is 1. The number of hydrogen-bond acceptors (Lipinski definition) is 5. The number of hydrogen-bond donors (Lipinski definition) is 1. The molecule has 4 aromatic rings. The van der Waals surface area contributed by atoms with Crippen LogP contribution in [0.4, 0.5) is 10.1 Å². The van der Waals surface area contributed by atoms with Gasteiger partial charge in [-0.25, -0.2) is 9.07 Å². The van der Waals surface area contributed by atoms with Crippen molar-refractivity contribution in [2.24, 2.45) is 5.92 Å². The lowest BCUT2D eigenvalue weighted by Crippen LogP contribution is -2.45. The Labute approximate surface area is 215 Å². The second kappa shape index (κ2) is 11.6. The molecule has 37 heavy (non-hydrogen) atoms. The van der Waals surface area contributed by atoms with Crippen LogP contribution in [0.2, 0.25) is 0 Å². The molecule has 1 atom stereocenters. The van der Waals surface area contributed by atoms with E-state index >= 15 is 0 Å². The van der Waals surface area contributed by atoms with Gasteiger partial charge in [-0.1, -0.05) is 43.3 Å². The number of carbonyl (C=O) groups excluding carboxylic acids is 2. The Kier molecular flexibility index (Phi) is 8.12. The molecule has 9 heteroatoms. The first-order chi connectivity index (χ1) is 17.9. The van der Waals surface area contributed by atoms with Gasteiger partial charge >= 0.3 is 0 Å². The van der Waals surface area contributed by atoms with Crippen LogP contribution in [-0.4, -0.2) is 40.5 Å². The Morgan fingerprint density at radius 3 is 2.54 bits per heavy atom. The van der Waals surface area contributed by atoms with Crippen LogP contribution in [0.25, 0.3) is 11.0 Å². The van der Waals surface area contributed by atoms with Gasteiger partial charge in [0.05, 0.1) is 12.6 Å². The fraction of sp³-hybridized carbons (Fsp3) is 0.286. The number of benzene rings is 3. The van der Waals surface area contributed by atoms with E-state index in [2.05, 4.69) is 29.5 Å². The molecule has 0 spiro atoms. The standard InChI is InChI=1S/C28H30FN5O3/c1-19(2)15-16-30-28(36)27(20-7-6-8-23(17-20)37-3)34(22-13-11-21(29)12-14-22)26(35)18-33-25-10-5-4-9-24(25)31-32-33/h4-14,17,19,27H,15-16,18H2,1-3H3,(H,30,36)/t27-/m0/s1. The first-order valence-corrected chi connectivity index (χ1v) is 12.1. The fourth-order valence-electron chi connectivity index (χ4n) is 4.09. The average Bonchev–Trinajstić information content (AvgIpc) is 3.30. The third kappa shape index (κ3) is 6.11. The number of aromatic nitrogens is 3. The highest BCUT2D eigenvalue weighted by Crippen LogP contribution is 2.31. The van der Waals surface area contributed by atoms with E-state index in [1.807, 2.05) is 24.3 Å². The third-order valence-corrected chi connectivity index (χ3v) is 6.02. The van der Waals surface area contributed by atoms with Crippen molar-refractivity contribution < 1.29 is 18.7 Å². The monoisotopic (exact) mass is 503 g/mol. The van der Waals surface area contributed by atoms with Crippen molar-refractivity contribution in [1.29, 1.82) is 0 Å². The predicted molar refractivity (Wildman–Crippen MR) is 140 cm³/mol. The van der Waals surface area contributed by atoms with Crippen LogP contribution in [0.3, 0.4) is 0 Å². The van der Waals surface area contributed by atoms with Gasteiger partial charge in [-0.3, -0.25) is 14.5 Å². The molecule has 0 saturated carbocycles. The van der Waals surface area contributed by atoms with Gasteiger partial charge in [0.2, 0.25) is 11.8 Å². The van der Waals surface area contributed by atoms with Crippen LogP contribution in [-0.2, 0) is 16.1 Å². The summed E-state index contributed by atoms with van der Waals surface area (Å²) >= 11 is 0. The molecule has 1 aromatic heterocycles. The van der Waals surface area contributed by atoms with Crippen LogP contribution in [0.1, 0.15) is 31.9 Å². The quantitative estimate of drug-likeness (QED) is 0.344. The molecule has 1 N–H and O–H groups in total. The Balaban J connectivity index is 1.77. The van der Waals surface area contributed by atoms with E-state index in [0.717, 1.165) is 6.42 Å². The molecule has 0 aliphatic rings. The summed E-state index contributed by atoms with van der Waals surface area (Å²) in [6, 6.07) is 18.8. The van der Waals surface area contributed by atoms with E-state index in [0.29, 0.717) is 40.5 Å². The van der Waals surface area contributed by atoms with Crippen molar-refractivity contribution >= 4 is 28.5 Å². The molecule has 8 nitrogen and oxygen atoms in total. The second-order valence-electron chi connectivity index (χ2n) is 9.13. The van der Waals surface area contributed by atoms with Crippen LogP contribution >= 0.6 is 0 Å². The van der Waals surface area contributed by atoms with Crippen molar-refractivity contribution in [1.82, 2.24) is 20.3 Å². The molecule has 0 saturated heterocycles. The maximum absolute atomic E-state index is 13.9. The summed E-state index contributed by atoms with van der Waals surface area (Å²) in [5, 5.41) is 11.2. The first-order valence-electron chi connectivity index (χ1n) is 12.1. The maximum Gasteiger partial charge on any atom is 0.249 e. The molecule has 1 heterocycles. The largest absolute Gasteiger partial charge is 0.497 e. The summed E-state index contributed by atoms with van der Waals surface area (Å²) in [5.74, 6) is -0.265. The van der Waals surface area contributed by atoms with E-state index in [9.17, 15) is 14.0 Å². The van der Waals surface area contributed by atoms with Gasteiger partial charge in [-0.15, -0.1) is 5.10 Å². The second-order valence-corrected chi connectivity index (χ2v) is 9.13. The zero-order chi connectivity index (χ0) is 26.4. The van der Waals surface area contributed by atoms with E-state index in [-0.39, 0.29) is 12.5 Å². The van der Waals surface area contributed by atoms with Gasteiger partial charge < -0.3 is 10.1 Å². The topological polar surface area (TPSA) is 89.4 Å². The Morgan fingerprint density at radius 1 is 1.05 bits per heavy atom. The molecule has 2 amide bonds. The third-order valence-electron chi connectivity index (χ3n) is 6.02. The van der Waals surface area contributed by atoms with Gasteiger partial charge in [0.25, 0.3) is 0 Å². The van der Waals surface area contributed by atoms with E-state index in [1.165, 1.54) is 41.0 Å². The highest BCUT2D eigenvalue weighted by Gasteiger charge is 2.33. The van der Waals surface area contributed by atoms with Crippen molar-refractivity contribution in [2.45, 2.75) is 32.9 Å². The van der Waals surface area contributed by atoms with Crippen LogP contribution in [0, 0.1) is 11.7 Å². The van der Waals surface area contributed by atoms with Crippen molar-refractivity contribution in [2.75, 3.05) is 18.6 Å². The molecule has 0 aliphatic carbocycles. The number of ether oxygens (including phenoxy) is 1. The lowest BCUT2D eigenvalue weighted by molar-refractivity contribution is -0.127.